The summed E-state index contributed by atoms with van der Waals surface area (Å²) in [7, 11) is 0. The molecule has 0 N–H and O–H groups in total. The Hall–Kier alpha value is -1.02. The fourth-order valence-electron chi connectivity index (χ4n) is 3.40. The monoisotopic (exact) mass is 293 g/mol. The van der Waals surface area contributed by atoms with Crippen LogP contribution in [0.4, 0.5) is 0 Å². The molecular weight excluding hydrogens is 270 g/mol. The van der Waals surface area contributed by atoms with Gasteiger partial charge in [0, 0.05) is 29.9 Å². The number of halogens is 1. The van der Waals surface area contributed by atoms with Crippen molar-refractivity contribution < 1.29 is 4.79 Å². The molecule has 0 radical (unpaired) electrons. The highest BCUT2D eigenvalue weighted by Gasteiger charge is 2.38. The van der Waals surface area contributed by atoms with Crippen molar-refractivity contribution in [1.82, 2.24) is 4.90 Å². The van der Waals surface area contributed by atoms with Crippen LogP contribution in [0.3, 0.4) is 0 Å². The molecule has 1 saturated carbocycles. The van der Waals surface area contributed by atoms with E-state index in [0.717, 1.165) is 31.0 Å². The number of benzene rings is 1. The Morgan fingerprint density at radius 1 is 1.15 bits per heavy atom. The number of carbonyl (C=O) groups is 1. The van der Waals surface area contributed by atoms with Crippen LogP contribution >= 0.6 is 11.6 Å². The highest BCUT2D eigenvalue weighted by atomic mass is 35.5. The molecule has 0 unspecified atom stereocenters. The summed E-state index contributed by atoms with van der Waals surface area (Å²) in [5.41, 5.74) is 1.31. The fourth-order valence-corrected chi connectivity index (χ4v) is 3.53. The standard InChI is InChI=1S/C17H24ClNO/c1-3-19(4-2)16(20)13-17(11-5-6-12-17)14-7-9-15(18)10-8-14/h7-10H,3-6,11-13H2,1-2H3. The zero-order valence-corrected chi connectivity index (χ0v) is 13.2. The minimum atomic E-state index is 0.0320. The van der Waals surface area contributed by atoms with Gasteiger partial charge in [0.1, 0.15) is 0 Å². The van der Waals surface area contributed by atoms with Gasteiger partial charge in [-0.2, -0.15) is 0 Å². The number of hydrogen-bond acceptors (Lipinski definition) is 1. The number of nitrogens with zero attached hydrogens (tertiary/aromatic N) is 1. The third-order valence-corrected chi connectivity index (χ3v) is 4.87. The van der Waals surface area contributed by atoms with E-state index in [4.69, 9.17) is 11.6 Å². The lowest BCUT2D eigenvalue weighted by molar-refractivity contribution is -0.132. The van der Waals surface area contributed by atoms with E-state index in [-0.39, 0.29) is 11.3 Å². The van der Waals surface area contributed by atoms with E-state index in [1.807, 2.05) is 30.9 Å². The molecule has 3 heteroatoms. The Morgan fingerprint density at radius 3 is 2.20 bits per heavy atom. The maximum atomic E-state index is 12.5. The van der Waals surface area contributed by atoms with Gasteiger partial charge in [-0.1, -0.05) is 36.6 Å². The molecule has 20 heavy (non-hydrogen) atoms. The second-order valence-electron chi connectivity index (χ2n) is 5.74. The maximum absolute atomic E-state index is 12.5. The zero-order valence-electron chi connectivity index (χ0n) is 12.5. The van der Waals surface area contributed by atoms with Crippen LogP contribution < -0.4 is 0 Å². The summed E-state index contributed by atoms with van der Waals surface area (Å²) in [6.45, 7) is 5.69. The minimum Gasteiger partial charge on any atom is -0.343 e. The van der Waals surface area contributed by atoms with E-state index < -0.39 is 0 Å². The quantitative estimate of drug-likeness (QED) is 0.787. The number of amides is 1. The van der Waals surface area contributed by atoms with Gasteiger partial charge < -0.3 is 4.90 Å². The summed E-state index contributed by atoms with van der Waals surface area (Å²) in [6.07, 6.45) is 5.29. The maximum Gasteiger partial charge on any atom is 0.223 e. The van der Waals surface area contributed by atoms with Crippen LogP contribution in [-0.2, 0) is 10.2 Å². The summed E-state index contributed by atoms with van der Waals surface area (Å²) >= 11 is 5.99. The summed E-state index contributed by atoms with van der Waals surface area (Å²) in [5.74, 6) is 0.284. The molecular formula is C17H24ClNO. The van der Waals surface area contributed by atoms with Crippen molar-refractivity contribution in [2.24, 2.45) is 0 Å². The largest absolute Gasteiger partial charge is 0.343 e. The average Bonchev–Trinajstić information content (AvgIpc) is 2.90. The first-order valence-corrected chi connectivity index (χ1v) is 8.03. The summed E-state index contributed by atoms with van der Waals surface area (Å²) in [6, 6.07) is 8.09. The normalized spacial score (nSPS) is 17.1. The fraction of sp³-hybridized carbons (Fsp3) is 0.588. The van der Waals surface area contributed by atoms with Gasteiger partial charge in [0.2, 0.25) is 5.91 Å². The number of rotatable bonds is 5. The average molecular weight is 294 g/mol. The predicted molar refractivity (Wildman–Crippen MR) is 84.1 cm³/mol. The molecule has 0 heterocycles. The van der Waals surface area contributed by atoms with Crippen LogP contribution in [0.15, 0.2) is 24.3 Å². The van der Waals surface area contributed by atoms with Crippen molar-refractivity contribution in [3.8, 4) is 0 Å². The first-order chi connectivity index (χ1) is 9.61. The Morgan fingerprint density at radius 2 is 1.70 bits per heavy atom. The van der Waals surface area contributed by atoms with Gasteiger partial charge in [0.05, 0.1) is 0 Å². The highest BCUT2D eigenvalue weighted by Crippen LogP contribution is 2.44. The Bertz CT molecular complexity index is 445. The molecule has 1 amide bonds. The molecule has 0 bridgehead atoms. The minimum absolute atomic E-state index is 0.0320. The van der Waals surface area contributed by atoms with Crippen LogP contribution in [-0.4, -0.2) is 23.9 Å². The third-order valence-electron chi connectivity index (χ3n) is 4.62. The molecule has 2 rings (SSSR count). The smallest absolute Gasteiger partial charge is 0.223 e. The van der Waals surface area contributed by atoms with E-state index in [0.29, 0.717) is 6.42 Å². The number of hydrogen-bond donors (Lipinski definition) is 0. The van der Waals surface area contributed by atoms with Crippen LogP contribution in [0.5, 0.6) is 0 Å². The van der Waals surface area contributed by atoms with Gasteiger partial charge in [-0.05, 0) is 44.4 Å². The van der Waals surface area contributed by atoms with Crippen molar-refractivity contribution >= 4 is 17.5 Å². The van der Waals surface area contributed by atoms with Gasteiger partial charge in [-0.25, -0.2) is 0 Å². The van der Waals surface area contributed by atoms with E-state index in [1.165, 1.54) is 18.4 Å². The van der Waals surface area contributed by atoms with Gasteiger partial charge >= 0.3 is 0 Å². The van der Waals surface area contributed by atoms with E-state index in [9.17, 15) is 4.79 Å². The second kappa shape index (κ2) is 6.62. The highest BCUT2D eigenvalue weighted by molar-refractivity contribution is 6.30. The van der Waals surface area contributed by atoms with Gasteiger partial charge in [-0.3, -0.25) is 4.79 Å². The Kier molecular flexibility index (Phi) is 5.09. The van der Waals surface area contributed by atoms with Gasteiger partial charge in [-0.15, -0.1) is 0 Å². The van der Waals surface area contributed by atoms with Crippen LogP contribution in [0, 0.1) is 0 Å². The second-order valence-corrected chi connectivity index (χ2v) is 6.17. The number of carbonyl (C=O) groups excluding carboxylic acids is 1. The molecule has 1 aliphatic carbocycles. The lowest BCUT2D eigenvalue weighted by atomic mass is 9.76. The SMILES string of the molecule is CCN(CC)C(=O)CC1(c2ccc(Cl)cc2)CCCC1. The first kappa shape index (κ1) is 15.4. The van der Waals surface area contributed by atoms with Crippen LogP contribution in [0.1, 0.15) is 51.5 Å². The molecule has 0 saturated heterocycles. The molecule has 0 aliphatic heterocycles. The summed E-state index contributed by atoms with van der Waals surface area (Å²) < 4.78 is 0. The molecule has 1 aromatic carbocycles. The molecule has 0 atom stereocenters. The molecule has 0 aromatic heterocycles. The summed E-state index contributed by atoms with van der Waals surface area (Å²) in [4.78, 5) is 14.4. The molecule has 1 fully saturated rings. The van der Waals surface area contributed by atoms with E-state index >= 15 is 0 Å². The van der Waals surface area contributed by atoms with Crippen molar-refractivity contribution in [2.75, 3.05) is 13.1 Å². The zero-order chi connectivity index (χ0) is 14.6. The van der Waals surface area contributed by atoms with Gasteiger partial charge in [0.25, 0.3) is 0 Å². The summed E-state index contributed by atoms with van der Waals surface area (Å²) in [5, 5.41) is 0.761. The van der Waals surface area contributed by atoms with Crippen molar-refractivity contribution in [3.63, 3.8) is 0 Å². The van der Waals surface area contributed by atoms with Gasteiger partial charge in [0.15, 0.2) is 0 Å². The lowest BCUT2D eigenvalue weighted by Crippen LogP contribution is -2.36. The topological polar surface area (TPSA) is 20.3 Å². The van der Waals surface area contributed by atoms with Crippen molar-refractivity contribution in [2.45, 2.75) is 51.4 Å². The third kappa shape index (κ3) is 3.17. The Labute approximate surface area is 127 Å². The first-order valence-electron chi connectivity index (χ1n) is 7.65. The van der Waals surface area contributed by atoms with E-state index in [2.05, 4.69) is 12.1 Å². The molecule has 1 aromatic rings. The van der Waals surface area contributed by atoms with Crippen LogP contribution in [0.2, 0.25) is 5.02 Å². The molecule has 1 aliphatic rings. The lowest BCUT2D eigenvalue weighted by Gasteiger charge is -2.31. The molecule has 2 nitrogen and oxygen atoms in total. The van der Waals surface area contributed by atoms with Crippen LogP contribution in [0.25, 0.3) is 0 Å². The molecule has 0 spiro atoms. The van der Waals surface area contributed by atoms with Crippen molar-refractivity contribution in [1.29, 1.82) is 0 Å². The molecule has 110 valence electrons. The Balaban J connectivity index is 2.22. The van der Waals surface area contributed by atoms with Crippen molar-refractivity contribution in [3.05, 3.63) is 34.9 Å². The van der Waals surface area contributed by atoms with E-state index in [1.54, 1.807) is 0 Å². The predicted octanol–water partition coefficient (Wildman–Crippen LogP) is 4.41.